The summed E-state index contributed by atoms with van der Waals surface area (Å²) in [6, 6.07) is 10.7. The average molecular weight is 296 g/mol. The summed E-state index contributed by atoms with van der Waals surface area (Å²) < 4.78 is 6.24. The molecule has 22 heavy (non-hydrogen) atoms. The van der Waals surface area contributed by atoms with Crippen molar-refractivity contribution in [1.82, 2.24) is 0 Å². The van der Waals surface area contributed by atoms with Gasteiger partial charge in [-0.1, -0.05) is 35.4 Å². The van der Waals surface area contributed by atoms with Gasteiger partial charge in [-0.3, -0.25) is 0 Å². The van der Waals surface area contributed by atoms with Crippen molar-refractivity contribution in [1.29, 1.82) is 0 Å². The number of aliphatic imine (C=N–C) groups is 1. The SMILES string of the molecule is C=C[N+]1(C)N=CN=C1C(c1ccccc1)[C@H]1CC[C@H]2CO[C@H]21. The van der Waals surface area contributed by atoms with E-state index in [1.54, 1.807) is 6.34 Å². The molecule has 2 unspecified atom stereocenters. The Kier molecular flexibility index (Phi) is 3.24. The number of rotatable bonds is 4. The van der Waals surface area contributed by atoms with Gasteiger partial charge >= 0.3 is 0 Å². The lowest BCUT2D eigenvalue weighted by molar-refractivity contribution is -0.771. The number of nitrogens with zero attached hydrogens (tertiary/aromatic N) is 3. The Morgan fingerprint density at radius 3 is 2.77 bits per heavy atom. The van der Waals surface area contributed by atoms with E-state index in [1.165, 1.54) is 18.4 Å². The fourth-order valence-corrected chi connectivity index (χ4v) is 4.11. The van der Waals surface area contributed by atoms with Crippen molar-refractivity contribution in [3.63, 3.8) is 0 Å². The highest BCUT2D eigenvalue weighted by Crippen LogP contribution is 2.48. The number of hydrogen-bond donors (Lipinski definition) is 0. The van der Waals surface area contributed by atoms with Crippen molar-refractivity contribution < 1.29 is 9.33 Å². The summed E-state index contributed by atoms with van der Waals surface area (Å²) in [6.45, 7) is 4.89. The number of ether oxygens (including phenoxy) is 1. The monoisotopic (exact) mass is 296 g/mol. The van der Waals surface area contributed by atoms with Crippen molar-refractivity contribution in [3.05, 3.63) is 48.7 Å². The molecule has 2 fully saturated rings. The van der Waals surface area contributed by atoms with Crippen LogP contribution in [0, 0.1) is 11.8 Å². The third-order valence-corrected chi connectivity index (χ3v) is 5.43. The molecule has 1 saturated carbocycles. The summed E-state index contributed by atoms with van der Waals surface area (Å²) >= 11 is 0. The molecule has 2 aliphatic heterocycles. The lowest BCUT2D eigenvalue weighted by Crippen LogP contribution is -2.47. The van der Waals surface area contributed by atoms with Gasteiger partial charge in [-0.05, 0) is 25.0 Å². The summed E-state index contributed by atoms with van der Waals surface area (Å²) in [6.07, 6.45) is 6.37. The minimum Gasteiger partial charge on any atom is -0.377 e. The van der Waals surface area contributed by atoms with E-state index in [1.807, 2.05) is 13.2 Å². The minimum absolute atomic E-state index is 0.238. The highest BCUT2D eigenvalue weighted by atomic mass is 16.5. The second-order valence-corrected chi connectivity index (χ2v) is 6.61. The zero-order valence-electron chi connectivity index (χ0n) is 12.9. The van der Waals surface area contributed by atoms with Crippen molar-refractivity contribution >= 4 is 12.2 Å². The smallest absolute Gasteiger partial charge is 0.243 e. The Balaban J connectivity index is 1.75. The number of hydrogen-bond acceptors (Lipinski definition) is 3. The van der Waals surface area contributed by atoms with Gasteiger partial charge < -0.3 is 4.74 Å². The van der Waals surface area contributed by atoms with Gasteiger partial charge in [0.25, 0.3) is 0 Å². The van der Waals surface area contributed by atoms with Crippen molar-refractivity contribution in [2.24, 2.45) is 21.9 Å². The van der Waals surface area contributed by atoms with Crippen molar-refractivity contribution in [2.75, 3.05) is 13.7 Å². The number of fused-ring (bicyclic) bond motifs is 1. The molecule has 0 amide bonds. The summed E-state index contributed by atoms with van der Waals surface area (Å²) in [7, 11) is 2.04. The van der Waals surface area contributed by atoms with Crippen LogP contribution in [-0.2, 0) is 4.74 Å². The van der Waals surface area contributed by atoms with Gasteiger partial charge in [-0.2, -0.15) is 4.99 Å². The minimum atomic E-state index is 0.238. The van der Waals surface area contributed by atoms with Crippen LogP contribution in [0.15, 0.2) is 53.2 Å². The van der Waals surface area contributed by atoms with Crippen molar-refractivity contribution in [2.45, 2.75) is 24.9 Å². The molecule has 0 N–H and O–H groups in total. The number of amidine groups is 1. The first-order valence-corrected chi connectivity index (χ1v) is 8.01. The maximum Gasteiger partial charge on any atom is 0.243 e. The maximum absolute atomic E-state index is 5.90. The van der Waals surface area contributed by atoms with E-state index in [9.17, 15) is 0 Å². The molecule has 1 aliphatic carbocycles. The molecule has 4 rings (SSSR count). The molecular weight excluding hydrogens is 274 g/mol. The zero-order chi connectivity index (χ0) is 15.2. The van der Waals surface area contributed by atoms with Gasteiger partial charge in [0, 0.05) is 11.8 Å². The fourth-order valence-electron chi connectivity index (χ4n) is 4.11. The Morgan fingerprint density at radius 2 is 2.14 bits per heavy atom. The van der Waals surface area contributed by atoms with E-state index in [-0.39, 0.29) is 5.92 Å². The predicted octanol–water partition coefficient (Wildman–Crippen LogP) is 3.14. The van der Waals surface area contributed by atoms with E-state index >= 15 is 0 Å². The Bertz CT molecular complexity index is 639. The Labute approximate surface area is 131 Å². The first kappa shape index (κ1) is 13.9. The molecule has 5 atom stereocenters. The van der Waals surface area contributed by atoms with Gasteiger partial charge in [0.1, 0.15) is 13.2 Å². The zero-order valence-corrected chi connectivity index (χ0v) is 12.9. The Hall–Kier alpha value is -1.78. The van der Waals surface area contributed by atoms with E-state index in [4.69, 9.17) is 4.74 Å². The largest absolute Gasteiger partial charge is 0.377 e. The second kappa shape index (κ2) is 5.14. The second-order valence-electron chi connectivity index (χ2n) is 6.61. The van der Waals surface area contributed by atoms with E-state index in [0.717, 1.165) is 18.4 Å². The number of benzene rings is 1. The summed E-state index contributed by atoms with van der Waals surface area (Å²) in [5.74, 6) is 2.52. The average Bonchev–Trinajstić information content (AvgIpc) is 3.02. The van der Waals surface area contributed by atoms with E-state index in [0.29, 0.717) is 16.6 Å². The quantitative estimate of drug-likeness (QED) is 0.786. The number of quaternary nitrogens is 1. The first-order valence-electron chi connectivity index (χ1n) is 8.01. The van der Waals surface area contributed by atoms with E-state index in [2.05, 4.69) is 47.0 Å². The molecule has 0 bridgehead atoms. The van der Waals surface area contributed by atoms with Gasteiger partial charge in [-0.15, -0.1) is 4.59 Å². The topological polar surface area (TPSA) is 34.0 Å². The van der Waals surface area contributed by atoms with Gasteiger partial charge in [0.2, 0.25) is 5.84 Å². The number of likely N-dealkylation sites (N-methyl/N-ethyl adjacent to an activating group) is 1. The Morgan fingerprint density at radius 1 is 1.32 bits per heavy atom. The van der Waals surface area contributed by atoms with Crippen LogP contribution in [0.5, 0.6) is 0 Å². The third kappa shape index (κ3) is 1.98. The molecule has 4 heteroatoms. The normalized spacial score (nSPS) is 37.3. The predicted molar refractivity (Wildman–Crippen MR) is 87.4 cm³/mol. The summed E-state index contributed by atoms with van der Waals surface area (Å²) in [5.41, 5.74) is 1.30. The molecule has 2 heterocycles. The summed E-state index contributed by atoms with van der Waals surface area (Å²) in [5, 5.41) is 4.50. The van der Waals surface area contributed by atoms with Crippen LogP contribution in [0.3, 0.4) is 0 Å². The van der Waals surface area contributed by atoms with Gasteiger partial charge in [0.05, 0.1) is 18.6 Å². The molecule has 4 nitrogen and oxygen atoms in total. The van der Waals surface area contributed by atoms with Crippen LogP contribution in [0.2, 0.25) is 0 Å². The van der Waals surface area contributed by atoms with Crippen LogP contribution >= 0.6 is 0 Å². The highest BCUT2D eigenvalue weighted by molar-refractivity contribution is 5.92. The molecular formula is C18H22N3O+. The molecule has 0 radical (unpaired) electrons. The first-order chi connectivity index (χ1) is 10.7. The maximum atomic E-state index is 5.90. The van der Waals surface area contributed by atoms with E-state index < -0.39 is 0 Å². The fraction of sp³-hybridized carbons (Fsp3) is 0.444. The molecule has 1 saturated heterocycles. The van der Waals surface area contributed by atoms with Crippen LogP contribution in [-0.4, -0.2) is 36.5 Å². The molecule has 0 spiro atoms. The standard InChI is InChI=1S/C18H22N3O/c1-3-21(2)18(19-12-20-21)16(13-7-5-4-6-8-13)15-10-9-14-11-22-17(14)15/h3-8,12,14-17H,1,9-11H2,2H3/q+1/t14-,15+,16?,17+,21?/m0/s1. The van der Waals surface area contributed by atoms with Crippen LogP contribution < -0.4 is 0 Å². The molecule has 3 aliphatic rings. The van der Waals surface area contributed by atoms with Crippen molar-refractivity contribution in [3.8, 4) is 0 Å². The van der Waals surface area contributed by atoms with Gasteiger partial charge in [0.15, 0.2) is 6.34 Å². The lowest BCUT2D eigenvalue weighted by Gasteiger charge is -2.38. The molecule has 1 aromatic rings. The highest BCUT2D eigenvalue weighted by Gasteiger charge is 2.52. The van der Waals surface area contributed by atoms with Crippen LogP contribution in [0.1, 0.15) is 24.3 Å². The third-order valence-electron chi connectivity index (χ3n) is 5.43. The molecule has 0 aromatic heterocycles. The van der Waals surface area contributed by atoms with Crippen LogP contribution in [0.4, 0.5) is 0 Å². The van der Waals surface area contributed by atoms with Gasteiger partial charge in [-0.25, -0.2) is 0 Å². The summed E-state index contributed by atoms with van der Waals surface area (Å²) in [4.78, 5) is 4.64. The molecule has 114 valence electrons. The molecule has 1 aromatic carbocycles. The lowest BCUT2D eigenvalue weighted by atomic mass is 9.80. The van der Waals surface area contributed by atoms with Crippen LogP contribution in [0.25, 0.3) is 0 Å².